The fraction of sp³-hybridized carbons (Fsp3) is 0.500. The molecule has 0 spiro atoms. The predicted octanol–water partition coefficient (Wildman–Crippen LogP) is 3.00. The molecule has 92 valence electrons. The molecule has 0 atom stereocenters. The molecule has 1 saturated heterocycles. The van der Waals surface area contributed by atoms with Crippen LogP contribution in [-0.2, 0) is 0 Å². The highest BCUT2D eigenvalue weighted by atomic mass is 32.2. The van der Waals surface area contributed by atoms with Crippen molar-refractivity contribution in [3.63, 3.8) is 0 Å². The van der Waals surface area contributed by atoms with E-state index in [1.807, 2.05) is 23.9 Å². The van der Waals surface area contributed by atoms with E-state index in [-0.39, 0.29) is 0 Å². The molecule has 0 saturated carbocycles. The molecular weight excluding hydrogens is 230 g/mol. The summed E-state index contributed by atoms with van der Waals surface area (Å²) in [5.41, 5.74) is 1.31. The summed E-state index contributed by atoms with van der Waals surface area (Å²) in [5, 5.41) is 1.40. The second kappa shape index (κ2) is 6.10. The van der Waals surface area contributed by atoms with Gasteiger partial charge in [0.25, 0.3) is 0 Å². The normalized spacial score (nSPS) is 15.8. The Balaban J connectivity index is 2.27. The summed E-state index contributed by atoms with van der Waals surface area (Å²) in [6, 6.07) is 8.38. The first-order valence-corrected chi connectivity index (χ1v) is 7.38. The van der Waals surface area contributed by atoms with E-state index < -0.39 is 0 Å². The van der Waals surface area contributed by atoms with Crippen LogP contribution >= 0.6 is 11.8 Å². The predicted molar refractivity (Wildman–Crippen MR) is 74.5 cm³/mol. The van der Waals surface area contributed by atoms with Crippen molar-refractivity contribution in [2.75, 3.05) is 26.5 Å². The van der Waals surface area contributed by atoms with Crippen LogP contribution in [-0.4, -0.2) is 36.1 Å². The van der Waals surface area contributed by atoms with Crippen molar-refractivity contribution in [1.82, 2.24) is 0 Å². The fourth-order valence-electron chi connectivity index (χ4n) is 2.26. The van der Waals surface area contributed by atoms with Crippen LogP contribution in [0.2, 0.25) is 0 Å². The van der Waals surface area contributed by atoms with Crippen LogP contribution in [0.1, 0.15) is 24.8 Å². The summed E-state index contributed by atoms with van der Waals surface area (Å²) in [4.78, 5) is 0. The van der Waals surface area contributed by atoms with E-state index in [0.29, 0.717) is 0 Å². The van der Waals surface area contributed by atoms with E-state index in [4.69, 9.17) is 4.74 Å². The third-order valence-electron chi connectivity index (χ3n) is 3.17. The maximum absolute atomic E-state index is 5.20. The zero-order valence-electron chi connectivity index (χ0n) is 10.6. The smallest absolute Gasteiger partial charge is 0.241 e. The molecular formula is C14H20NOS+. The molecule has 0 aliphatic carbocycles. The number of benzene rings is 1. The number of piperidine rings is 1. The SMILES string of the molecule is COc1ccc(C(SC)=[N+]2CCCCC2)cc1. The van der Waals surface area contributed by atoms with Gasteiger partial charge in [0, 0.05) is 12.8 Å². The number of nitrogens with zero attached hydrogens (tertiary/aromatic N) is 1. The average molecular weight is 250 g/mol. The van der Waals surface area contributed by atoms with Crippen LogP contribution in [0.5, 0.6) is 5.75 Å². The molecule has 1 aliphatic rings. The number of ether oxygens (including phenoxy) is 1. The molecule has 0 bridgehead atoms. The Hall–Kier alpha value is -0.960. The van der Waals surface area contributed by atoms with Crippen molar-refractivity contribution >= 4 is 16.8 Å². The van der Waals surface area contributed by atoms with Gasteiger partial charge in [-0.15, -0.1) is 0 Å². The molecule has 1 fully saturated rings. The molecule has 0 amide bonds. The monoisotopic (exact) mass is 250 g/mol. The molecule has 0 N–H and O–H groups in total. The summed E-state index contributed by atoms with van der Waals surface area (Å²) in [6.45, 7) is 2.39. The van der Waals surface area contributed by atoms with Gasteiger partial charge in [-0.2, -0.15) is 0 Å². The lowest BCUT2D eigenvalue weighted by molar-refractivity contribution is -0.534. The van der Waals surface area contributed by atoms with Gasteiger partial charge >= 0.3 is 0 Å². The summed E-state index contributed by atoms with van der Waals surface area (Å²) in [5.74, 6) is 0.924. The molecule has 1 aromatic carbocycles. The summed E-state index contributed by atoms with van der Waals surface area (Å²) in [7, 11) is 1.71. The minimum atomic E-state index is 0.924. The summed E-state index contributed by atoms with van der Waals surface area (Å²) in [6.07, 6.45) is 6.18. The number of hydrogen-bond donors (Lipinski definition) is 0. The first-order valence-electron chi connectivity index (χ1n) is 6.15. The van der Waals surface area contributed by atoms with Gasteiger partial charge in [-0.05, 0) is 36.9 Å². The van der Waals surface area contributed by atoms with Crippen molar-refractivity contribution in [2.45, 2.75) is 19.3 Å². The Morgan fingerprint density at radius 1 is 1.12 bits per heavy atom. The number of methoxy groups -OCH3 is 1. The van der Waals surface area contributed by atoms with Gasteiger partial charge in [0.2, 0.25) is 5.04 Å². The lowest BCUT2D eigenvalue weighted by Gasteiger charge is -2.13. The van der Waals surface area contributed by atoms with Crippen LogP contribution in [0.4, 0.5) is 0 Å². The van der Waals surface area contributed by atoms with E-state index in [2.05, 4.69) is 23.0 Å². The first-order chi connectivity index (χ1) is 8.35. The number of hydrogen-bond acceptors (Lipinski definition) is 2. The van der Waals surface area contributed by atoms with E-state index in [1.165, 1.54) is 43.0 Å². The van der Waals surface area contributed by atoms with Gasteiger partial charge in [0.15, 0.2) is 0 Å². The van der Waals surface area contributed by atoms with Crippen LogP contribution in [0, 0.1) is 0 Å². The van der Waals surface area contributed by atoms with Crippen molar-refractivity contribution in [1.29, 1.82) is 0 Å². The van der Waals surface area contributed by atoms with Crippen molar-refractivity contribution in [3.05, 3.63) is 29.8 Å². The zero-order chi connectivity index (χ0) is 12.1. The van der Waals surface area contributed by atoms with Crippen LogP contribution in [0.3, 0.4) is 0 Å². The second-order valence-electron chi connectivity index (χ2n) is 4.29. The van der Waals surface area contributed by atoms with Crippen LogP contribution < -0.4 is 4.74 Å². The van der Waals surface area contributed by atoms with Gasteiger partial charge in [0.05, 0.1) is 12.7 Å². The fourth-order valence-corrected chi connectivity index (χ4v) is 3.07. The van der Waals surface area contributed by atoms with Gasteiger partial charge < -0.3 is 4.74 Å². The highest BCUT2D eigenvalue weighted by Gasteiger charge is 2.19. The van der Waals surface area contributed by atoms with Crippen molar-refractivity contribution < 1.29 is 9.31 Å². The maximum Gasteiger partial charge on any atom is 0.241 e. The lowest BCUT2D eigenvalue weighted by atomic mass is 10.1. The van der Waals surface area contributed by atoms with Crippen molar-refractivity contribution in [2.24, 2.45) is 0 Å². The minimum Gasteiger partial charge on any atom is -0.497 e. The third-order valence-corrected chi connectivity index (χ3v) is 4.05. The van der Waals surface area contributed by atoms with Gasteiger partial charge in [-0.25, -0.2) is 4.58 Å². The van der Waals surface area contributed by atoms with Gasteiger partial charge in [-0.3, -0.25) is 0 Å². The standard InChI is InChI=1S/C14H20NOS/c1-16-13-8-6-12(7-9-13)14(17-2)15-10-4-3-5-11-15/h6-9H,3-5,10-11H2,1-2H3/q+1. The van der Waals surface area contributed by atoms with Crippen LogP contribution in [0.25, 0.3) is 0 Å². The van der Waals surface area contributed by atoms with Gasteiger partial charge in [-0.1, -0.05) is 11.8 Å². The van der Waals surface area contributed by atoms with Crippen molar-refractivity contribution in [3.8, 4) is 5.75 Å². The average Bonchev–Trinajstić information content (AvgIpc) is 2.42. The molecule has 1 heterocycles. The van der Waals surface area contributed by atoms with Crippen LogP contribution in [0.15, 0.2) is 24.3 Å². The topological polar surface area (TPSA) is 12.2 Å². The zero-order valence-corrected chi connectivity index (χ0v) is 11.4. The Bertz CT molecular complexity index is 389. The second-order valence-corrected chi connectivity index (χ2v) is 5.08. The highest BCUT2D eigenvalue weighted by Crippen LogP contribution is 2.18. The molecule has 0 aromatic heterocycles. The molecule has 2 rings (SSSR count). The Kier molecular flexibility index (Phi) is 4.49. The highest BCUT2D eigenvalue weighted by molar-refractivity contribution is 8.13. The number of thioether (sulfide) groups is 1. The van der Waals surface area contributed by atoms with E-state index in [1.54, 1.807) is 7.11 Å². The Morgan fingerprint density at radius 3 is 2.29 bits per heavy atom. The maximum atomic E-state index is 5.20. The molecule has 0 unspecified atom stereocenters. The van der Waals surface area contributed by atoms with Gasteiger partial charge in [0.1, 0.15) is 18.8 Å². The van der Waals surface area contributed by atoms with E-state index in [0.717, 1.165) is 5.75 Å². The molecule has 3 heteroatoms. The largest absolute Gasteiger partial charge is 0.497 e. The minimum absolute atomic E-state index is 0.924. The molecule has 17 heavy (non-hydrogen) atoms. The molecule has 1 aliphatic heterocycles. The third kappa shape index (κ3) is 3.03. The first kappa shape index (κ1) is 12.5. The Labute approximate surface area is 108 Å². The lowest BCUT2D eigenvalue weighted by Crippen LogP contribution is -2.26. The number of rotatable bonds is 2. The summed E-state index contributed by atoms with van der Waals surface area (Å²) < 4.78 is 7.71. The quantitative estimate of drug-likeness (QED) is 0.591. The molecule has 2 nitrogen and oxygen atoms in total. The van der Waals surface area contributed by atoms with E-state index >= 15 is 0 Å². The summed E-state index contributed by atoms with van der Waals surface area (Å²) >= 11 is 1.84. The molecule has 0 radical (unpaired) electrons. The molecule has 1 aromatic rings. The Morgan fingerprint density at radius 2 is 1.76 bits per heavy atom. The van der Waals surface area contributed by atoms with E-state index in [9.17, 15) is 0 Å².